The molecule has 0 aliphatic carbocycles. The van der Waals surface area contributed by atoms with E-state index in [0.29, 0.717) is 6.54 Å². The Morgan fingerprint density at radius 1 is 1.17 bits per heavy atom. The fourth-order valence-corrected chi connectivity index (χ4v) is 2.05. The highest BCUT2D eigenvalue weighted by Gasteiger charge is 2.18. The Bertz CT molecular complexity index is 567. The summed E-state index contributed by atoms with van der Waals surface area (Å²) < 4.78 is 13.7. The second-order valence-electron chi connectivity index (χ2n) is 6.63. The number of halogens is 1. The number of likely N-dealkylation sites (N-methyl/N-ethyl adjacent to an activating group) is 1. The molecule has 2 N–H and O–H groups in total. The van der Waals surface area contributed by atoms with Gasteiger partial charge in [0.15, 0.2) is 0 Å². The average Bonchev–Trinajstić information content (AvgIpc) is 2.39. The topological polar surface area (TPSA) is 61.4 Å². The first kappa shape index (κ1) is 19.1. The van der Waals surface area contributed by atoms with Crippen molar-refractivity contribution in [3.05, 3.63) is 29.6 Å². The van der Waals surface area contributed by atoms with Crippen LogP contribution in [0.25, 0.3) is 0 Å². The molecule has 0 aliphatic heterocycles. The molecule has 0 fully saturated rings. The fraction of sp³-hybridized carbons (Fsp3) is 0.529. The van der Waals surface area contributed by atoms with E-state index < -0.39 is 5.82 Å². The van der Waals surface area contributed by atoms with Gasteiger partial charge < -0.3 is 10.6 Å². The van der Waals surface area contributed by atoms with E-state index in [1.165, 1.54) is 12.1 Å². The van der Waals surface area contributed by atoms with E-state index in [1.807, 2.05) is 27.7 Å². The third kappa shape index (κ3) is 7.23. The van der Waals surface area contributed by atoms with Crippen molar-refractivity contribution in [2.75, 3.05) is 25.0 Å². The number of nitrogens with zero attached hydrogens (tertiary/aromatic N) is 1. The van der Waals surface area contributed by atoms with Crippen molar-refractivity contribution in [2.45, 2.75) is 40.2 Å². The smallest absolute Gasteiger partial charge is 0.238 e. The molecule has 1 rings (SSSR count). The lowest BCUT2D eigenvalue weighted by atomic mass is 10.1. The molecule has 0 heterocycles. The van der Waals surface area contributed by atoms with E-state index in [0.717, 1.165) is 5.56 Å². The molecule has 1 aromatic carbocycles. The Morgan fingerprint density at radius 2 is 1.78 bits per heavy atom. The second kappa shape index (κ2) is 8.06. The minimum absolute atomic E-state index is 0.0291. The summed E-state index contributed by atoms with van der Waals surface area (Å²) in [6.45, 7) is 10.0. The van der Waals surface area contributed by atoms with Crippen LogP contribution in [0.2, 0.25) is 0 Å². The summed E-state index contributed by atoms with van der Waals surface area (Å²) >= 11 is 0. The average molecular weight is 323 g/mol. The van der Waals surface area contributed by atoms with Gasteiger partial charge in [-0.05, 0) is 51.9 Å². The number of aryl methyl sites for hydroxylation is 1. The van der Waals surface area contributed by atoms with Crippen LogP contribution in [0.1, 0.15) is 33.3 Å². The van der Waals surface area contributed by atoms with E-state index in [-0.39, 0.29) is 36.1 Å². The molecule has 0 saturated heterocycles. The van der Waals surface area contributed by atoms with Crippen molar-refractivity contribution in [1.29, 1.82) is 0 Å². The molecule has 0 spiro atoms. The molecule has 1 aromatic rings. The van der Waals surface area contributed by atoms with Crippen LogP contribution >= 0.6 is 0 Å². The Balaban J connectivity index is 2.58. The highest BCUT2D eigenvalue weighted by atomic mass is 19.1. The maximum Gasteiger partial charge on any atom is 0.238 e. The zero-order valence-electron chi connectivity index (χ0n) is 14.5. The first-order valence-corrected chi connectivity index (χ1v) is 7.70. The maximum absolute atomic E-state index is 13.7. The number of hydrogen-bond acceptors (Lipinski definition) is 3. The second-order valence-corrected chi connectivity index (χ2v) is 6.63. The molecular weight excluding hydrogens is 297 g/mol. The minimum atomic E-state index is -0.466. The Hall–Kier alpha value is -1.95. The van der Waals surface area contributed by atoms with Crippen LogP contribution in [0.5, 0.6) is 0 Å². The van der Waals surface area contributed by atoms with Gasteiger partial charge in [-0.15, -0.1) is 0 Å². The van der Waals surface area contributed by atoms with E-state index in [2.05, 4.69) is 10.6 Å². The summed E-state index contributed by atoms with van der Waals surface area (Å²) in [5.74, 6) is -0.960. The third-order valence-electron chi connectivity index (χ3n) is 3.09. The van der Waals surface area contributed by atoms with E-state index in [4.69, 9.17) is 0 Å². The third-order valence-corrected chi connectivity index (χ3v) is 3.09. The Labute approximate surface area is 137 Å². The van der Waals surface area contributed by atoms with E-state index in [9.17, 15) is 14.0 Å². The molecule has 23 heavy (non-hydrogen) atoms. The summed E-state index contributed by atoms with van der Waals surface area (Å²) in [5.41, 5.74) is 0.620. The van der Waals surface area contributed by atoms with Crippen molar-refractivity contribution in [3.63, 3.8) is 0 Å². The normalized spacial score (nSPS) is 11.4. The first-order chi connectivity index (χ1) is 10.6. The van der Waals surface area contributed by atoms with Crippen LogP contribution in [-0.2, 0) is 9.59 Å². The van der Waals surface area contributed by atoms with Gasteiger partial charge in [0.25, 0.3) is 0 Å². The highest BCUT2D eigenvalue weighted by molar-refractivity contribution is 5.92. The quantitative estimate of drug-likeness (QED) is 0.844. The molecule has 2 amide bonds. The van der Waals surface area contributed by atoms with Crippen LogP contribution in [0.15, 0.2) is 18.2 Å². The van der Waals surface area contributed by atoms with Gasteiger partial charge in [0, 0.05) is 5.54 Å². The first-order valence-electron chi connectivity index (χ1n) is 7.70. The van der Waals surface area contributed by atoms with Gasteiger partial charge in [-0.2, -0.15) is 0 Å². The van der Waals surface area contributed by atoms with Crippen molar-refractivity contribution in [1.82, 2.24) is 10.2 Å². The maximum atomic E-state index is 13.7. The molecular formula is C17H26FN3O2. The van der Waals surface area contributed by atoms with Crippen LogP contribution in [0, 0.1) is 12.7 Å². The molecule has 5 nitrogen and oxygen atoms in total. The fourth-order valence-electron chi connectivity index (χ4n) is 2.05. The zero-order valence-corrected chi connectivity index (χ0v) is 14.5. The van der Waals surface area contributed by atoms with Crippen molar-refractivity contribution in [2.24, 2.45) is 0 Å². The molecule has 128 valence electrons. The Kier molecular flexibility index (Phi) is 6.69. The zero-order chi connectivity index (χ0) is 17.6. The van der Waals surface area contributed by atoms with Crippen molar-refractivity contribution >= 4 is 17.5 Å². The molecule has 0 atom stereocenters. The van der Waals surface area contributed by atoms with Crippen molar-refractivity contribution < 1.29 is 14.0 Å². The summed E-state index contributed by atoms with van der Waals surface area (Å²) in [5, 5.41) is 5.39. The molecule has 0 aromatic heterocycles. The number of nitrogens with one attached hydrogen (secondary N) is 2. The minimum Gasteiger partial charge on any atom is -0.350 e. The van der Waals surface area contributed by atoms with Gasteiger partial charge in [-0.3, -0.25) is 14.5 Å². The van der Waals surface area contributed by atoms with E-state index >= 15 is 0 Å². The van der Waals surface area contributed by atoms with Gasteiger partial charge >= 0.3 is 0 Å². The monoisotopic (exact) mass is 323 g/mol. The van der Waals surface area contributed by atoms with Crippen LogP contribution in [-0.4, -0.2) is 41.9 Å². The van der Waals surface area contributed by atoms with Gasteiger partial charge in [-0.1, -0.05) is 13.0 Å². The molecule has 0 radical (unpaired) electrons. The summed E-state index contributed by atoms with van der Waals surface area (Å²) in [7, 11) is 0. The molecule has 6 heteroatoms. The summed E-state index contributed by atoms with van der Waals surface area (Å²) in [6, 6.07) is 4.63. The number of carbonyl (C=O) groups is 2. The van der Waals surface area contributed by atoms with Crippen LogP contribution in [0.4, 0.5) is 10.1 Å². The van der Waals surface area contributed by atoms with E-state index in [1.54, 1.807) is 17.9 Å². The lowest BCUT2D eigenvalue weighted by Crippen LogP contribution is -2.47. The van der Waals surface area contributed by atoms with Gasteiger partial charge in [-0.25, -0.2) is 4.39 Å². The molecule has 0 unspecified atom stereocenters. The summed E-state index contributed by atoms with van der Waals surface area (Å²) in [4.78, 5) is 25.6. The van der Waals surface area contributed by atoms with Crippen LogP contribution < -0.4 is 10.6 Å². The predicted octanol–water partition coefficient (Wildman–Crippen LogP) is 2.31. The standard InChI is InChI=1S/C17H26FN3O2/c1-6-21(11-16(23)20-17(3,4)5)10-15(22)19-14-8-7-12(2)9-13(14)18/h7-9H,6,10-11H2,1-5H3,(H,19,22)(H,20,23). The SMILES string of the molecule is CCN(CC(=O)Nc1ccc(C)cc1F)CC(=O)NC(C)(C)C. The predicted molar refractivity (Wildman–Crippen MR) is 89.8 cm³/mol. The summed E-state index contributed by atoms with van der Waals surface area (Å²) in [6.07, 6.45) is 0. The Morgan fingerprint density at radius 3 is 2.30 bits per heavy atom. The number of anilines is 1. The van der Waals surface area contributed by atoms with Crippen molar-refractivity contribution in [3.8, 4) is 0 Å². The number of carbonyl (C=O) groups excluding carboxylic acids is 2. The van der Waals surface area contributed by atoms with Gasteiger partial charge in [0.1, 0.15) is 5.82 Å². The highest BCUT2D eigenvalue weighted by Crippen LogP contribution is 2.15. The lowest BCUT2D eigenvalue weighted by Gasteiger charge is -2.24. The number of rotatable bonds is 6. The molecule has 0 saturated carbocycles. The largest absolute Gasteiger partial charge is 0.350 e. The number of amides is 2. The molecule has 0 bridgehead atoms. The van der Waals surface area contributed by atoms with Gasteiger partial charge in [0.2, 0.25) is 11.8 Å². The lowest BCUT2D eigenvalue weighted by molar-refractivity contribution is -0.124. The number of benzene rings is 1. The van der Waals surface area contributed by atoms with Crippen LogP contribution in [0.3, 0.4) is 0 Å². The number of hydrogen-bond donors (Lipinski definition) is 2. The molecule has 0 aliphatic rings. The van der Waals surface area contributed by atoms with Gasteiger partial charge in [0.05, 0.1) is 18.8 Å².